The molecule has 1 aromatic rings. The Bertz CT molecular complexity index is 474. The Balaban J connectivity index is 2.30. The summed E-state index contributed by atoms with van der Waals surface area (Å²) in [5.41, 5.74) is 0. The molecule has 1 saturated carbocycles. The van der Waals surface area contributed by atoms with Gasteiger partial charge in [0.15, 0.2) is 5.03 Å². The van der Waals surface area contributed by atoms with E-state index in [0.717, 1.165) is 12.8 Å². The maximum absolute atomic E-state index is 13.2. The molecular weight excluding hydrogens is 255 g/mol. The first-order valence-electron chi connectivity index (χ1n) is 5.10. The van der Waals surface area contributed by atoms with Gasteiger partial charge in [-0.05, 0) is 25.3 Å². The summed E-state index contributed by atoms with van der Waals surface area (Å²) in [6.07, 6.45) is 2.82. The van der Waals surface area contributed by atoms with Gasteiger partial charge in [0, 0.05) is 17.1 Å². The molecule has 0 aliphatic heterocycles. The van der Waals surface area contributed by atoms with Crippen LogP contribution in [0.15, 0.2) is 17.3 Å². The van der Waals surface area contributed by atoms with Crippen LogP contribution in [0.5, 0.6) is 0 Å². The summed E-state index contributed by atoms with van der Waals surface area (Å²) in [5.74, 6) is 0. The quantitative estimate of drug-likeness (QED) is 0.772. The molecule has 4 nitrogen and oxygen atoms in total. The van der Waals surface area contributed by atoms with Gasteiger partial charge in [0.05, 0.1) is 12.2 Å². The lowest BCUT2D eigenvalue weighted by Crippen LogP contribution is -2.22. The molecule has 90 valence electrons. The minimum Gasteiger partial charge on any atom is -0.250 e. The molecule has 2 atom stereocenters. The smallest absolute Gasteiger partial charge is 0.250 e. The number of alkyl halides is 1. The van der Waals surface area contributed by atoms with Crippen LogP contribution in [0.2, 0.25) is 0 Å². The number of hydrogen-bond acceptors (Lipinski definition) is 3. The minimum absolute atomic E-state index is 0.0479. The number of rotatable bonds is 2. The van der Waals surface area contributed by atoms with Crippen LogP contribution in [0.4, 0.5) is 4.39 Å². The van der Waals surface area contributed by atoms with Crippen molar-refractivity contribution in [2.24, 2.45) is 0 Å². The summed E-state index contributed by atoms with van der Waals surface area (Å²) in [7, 11) is 1.47. The first kappa shape index (κ1) is 11.9. The first-order valence-corrected chi connectivity index (χ1v) is 7.41. The van der Waals surface area contributed by atoms with Crippen LogP contribution in [0, 0.1) is 0 Å². The van der Waals surface area contributed by atoms with E-state index in [4.69, 9.17) is 10.7 Å². The van der Waals surface area contributed by atoms with Gasteiger partial charge in [0.25, 0.3) is 9.05 Å². The SMILES string of the molecule is O=S(=O)(Cl)c1ccnn1C1CCCC(F)C1. The van der Waals surface area contributed by atoms with Crippen molar-refractivity contribution in [3.63, 3.8) is 0 Å². The molecule has 0 amide bonds. The number of aromatic nitrogens is 2. The van der Waals surface area contributed by atoms with Gasteiger partial charge >= 0.3 is 0 Å². The van der Waals surface area contributed by atoms with Crippen molar-refractivity contribution in [3.8, 4) is 0 Å². The fourth-order valence-electron chi connectivity index (χ4n) is 2.10. The molecule has 7 heteroatoms. The topological polar surface area (TPSA) is 52.0 Å². The molecule has 1 aliphatic carbocycles. The highest BCUT2D eigenvalue weighted by Gasteiger charge is 2.27. The predicted molar refractivity (Wildman–Crippen MR) is 57.7 cm³/mol. The zero-order valence-corrected chi connectivity index (χ0v) is 10.1. The molecule has 0 bridgehead atoms. The zero-order chi connectivity index (χ0) is 11.8. The van der Waals surface area contributed by atoms with Crippen molar-refractivity contribution in [1.29, 1.82) is 0 Å². The van der Waals surface area contributed by atoms with Gasteiger partial charge < -0.3 is 0 Å². The standard InChI is InChI=1S/C9H12ClFN2O2S/c10-16(14,15)9-4-5-12-13(9)8-3-1-2-7(11)6-8/h4-5,7-8H,1-3,6H2. The van der Waals surface area contributed by atoms with Crippen LogP contribution >= 0.6 is 10.7 Å². The Labute approximate surface area is 97.8 Å². The van der Waals surface area contributed by atoms with Gasteiger partial charge in [-0.1, -0.05) is 0 Å². The maximum Gasteiger partial charge on any atom is 0.278 e. The third-order valence-corrected chi connectivity index (χ3v) is 4.11. The van der Waals surface area contributed by atoms with E-state index in [1.54, 1.807) is 0 Å². The molecule has 0 radical (unpaired) electrons. The fourth-order valence-corrected chi connectivity index (χ4v) is 3.11. The predicted octanol–water partition coefficient (Wildman–Crippen LogP) is 2.26. The van der Waals surface area contributed by atoms with Gasteiger partial charge in [-0.3, -0.25) is 0 Å². The molecular formula is C9H12ClFN2O2S. The Morgan fingerprint density at radius 3 is 2.88 bits per heavy atom. The van der Waals surface area contributed by atoms with E-state index in [1.165, 1.54) is 16.9 Å². The van der Waals surface area contributed by atoms with Crippen LogP contribution in [-0.4, -0.2) is 24.4 Å². The average Bonchev–Trinajstić information content (AvgIpc) is 2.65. The van der Waals surface area contributed by atoms with E-state index >= 15 is 0 Å². The Hall–Kier alpha value is -0.620. The molecule has 16 heavy (non-hydrogen) atoms. The molecule has 0 aromatic carbocycles. The van der Waals surface area contributed by atoms with Crippen molar-refractivity contribution in [1.82, 2.24) is 9.78 Å². The summed E-state index contributed by atoms with van der Waals surface area (Å²) in [6.45, 7) is 0. The second kappa shape index (κ2) is 4.33. The molecule has 1 fully saturated rings. The van der Waals surface area contributed by atoms with Gasteiger partial charge in [-0.15, -0.1) is 0 Å². The largest absolute Gasteiger partial charge is 0.278 e. The normalized spacial score (nSPS) is 26.9. The minimum atomic E-state index is -3.81. The van der Waals surface area contributed by atoms with E-state index in [1.807, 2.05) is 0 Å². The summed E-state index contributed by atoms with van der Waals surface area (Å²) < 4.78 is 37.1. The van der Waals surface area contributed by atoms with Crippen molar-refractivity contribution >= 4 is 19.7 Å². The Kier molecular flexibility index (Phi) is 3.21. The van der Waals surface area contributed by atoms with Gasteiger partial charge in [0.2, 0.25) is 0 Å². The average molecular weight is 267 g/mol. The lowest BCUT2D eigenvalue weighted by atomic mass is 9.94. The molecule has 2 unspecified atom stereocenters. The van der Waals surface area contributed by atoms with E-state index in [9.17, 15) is 12.8 Å². The van der Waals surface area contributed by atoms with E-state index in [0.29, 0.717) is 12.8 Å². The van der Waals surface area contributed by atoms with E-state index in [2.05, 4.69) is 5.10 Å². The van der Waals surface area contributed by atoms with Crippen molar-refractivity contribution in [3.05, 3.63) is 12.3 Å². The Morgan fingerprint density at radius 2 is 2.25 bits per heavy atom. The second-order valence-electron chi connectivity index (χ2n) is 3.97. The van der Waals surface area contributed by atoms with Crippen molar-refractivity contribution in [2.75, 3.05) is 0 Å². The Morgan fingerprint density at radius 1 is 1.50 bits per heavy atom. The molecule has 0 saturated heterocycles. The van der Waals surface area contributed by atoms with Crippen LogP contribution in [0.25, 0.3) is 0 Å². The summed E-state index contributed by atoms with van der Waals surface area (Å²) in [5, 5.41) is 3.88. The monoisotopic (exact) mass is 266 g/mol. The van der Waals surface area contributed by atoms with E-state index < -0.39 is 15.2 Å². The highest BCUT2D eigenvalue weighted by Crippen LogP contribution is 2.32. The molecule has 1 heterocycles. The number of hydrogen-bond donors (Lipinski definition) is 0. The van der Waals surface area contributed by atoms with Gasteiger partial charge in [0.1, 0.15) is 6.17 Å². The summed E-state index contributed by atoms with van der Waals surface area (Å²) >= 11 is 0. The molecule has 2 rings (SSSR count). The van der Waals surface area contributed by atoms with Crippen molar-refractivity contribution < 1.29 is 12.8 Å². The van der Waals surface area contributed by atoms with Crippen LogP contribution in [0.1, 0.15) is 31.7 Å². The zero-order valence-electron chi connectivity index (χ0n) is 8.51. The molecule has 1 aromatic heterocycles. The highest BCUT2D eigenvalue weighted by molar-refractivity contribution is 8.13. The third kappa shape index (κ3) is 2.38. The lowest BCUT2D eigenvalue weighted by molar-refractivity contribution is 0.186. The van der Waals surface area contributed by atoms with E-state index in [-0.39, 0.29) is 11.1 Å². The lowest BCUT2D eigenvalue weighted by Gasteiger charge is -2.25. The summed E-state index contributed by atoms with van der Waals surface area (Å²) in [6, 6.07) is 1.13. The second-order valence-corrected chi connectivity index (χ2v) is 6.48. The number of nitrogens with zero attached hydrogens (tertiary/aromatic N) is 2. The van der Waals surface area contributed by atoms with Crippen LogP contribution in [-0.2, 0) is 9.05 Å². The fraction of sp³-hybridized carbons (Fsp3) is 0.667. The first-order chi connectivity index (χ1) is 7.48. The van der Waals surface area contributed by atoms with Gasteiger partial charge in [-0.2, -0.15) is 5.10 Å². The van der Waals surface area contributed by atoms with Crippen LogP contribution in [0.3, 0.4) is 0 Å². The summed E-state index contributed by atoms with van der Waals surface area (Å²) in [4.78, 5) is 0. The number of halogens is 2. The molecule has 0 N–H and O–H groups in total. The highest BCUT2D eigenvalue weighted by atomic mass is 35.7. The third-order valence-electron chi connectivity index (χ3n) is 2.81. The van der Waals surface area contributed by atoms with Crippen LogP contribution < -0.4 is 0 Å². The molecule has 1 aliphatic rings. The van der Waals surface area contributed by atoms with Crippen molar-refractivity contribution in [2.45, 2.75) is 42.9 Å². The molecule has 0 spiro atoms. The van der Waals surface area contributed by atoms with Gasteiger partial charge in [-0.25, -0.2) is 17.5 Å². The maximum atomic E-state index is 13.2.